The zero-order valence-electron chi connectivity index (χ0n) is 15.9. The van der Waals surface area contributed by atoms with Crippen LogP contribution >= 0.6 is 11.6 Å². The Kier molecular flexibility index (Phi) is 6.49. The van der Waals surface area contributed by atoms with E-state index in [1.54, 1.807) is 49.6 Å². The van der Waals surface area contributed by atoms with Gasteiger partial charge < -0.3 is 15.2 Å². The van der Waals surface area contributed by atoms with Gasteiger partial charge in [-0.25, -0.2) is 8.42 Å². The number of anilines is 2. The molecule has 7 nitrogen and oxygen atoms in total. The Balaban J connectivity index is 1.76. The van der Waals surface area contributed by atoms with Crippen molar-refractivity contribution in [2.24, 2.45) is 0 Å². The fourth-order valence-corrected chi connectivity index (χ4v) is 3.94. The molecule has 0 saturated carbocycles. The maximum Gasteiger partial charge on any atom is 0.261 e. The fourth-order valence-electron chi connectivity index (χ4n) is 2.67. The largest absolute Gasteiger partial charge is 0.506 e. The van der Waals surface area contributed by atoms with Crippen LogP contribution in [0.3, 0.4) is 0 Å². The number of nitrogens with one attached hydrogen (secondary N) is 2. The zero-order valence-corrected chi connectivity index (χ0v) is 17.5. The first-order valence-electron chi connectivity index (χ1n) is 8.81. The Labute approximate surface area is 179 Å². The summed E-state index contributed by atoms with van der Waals surface area (Å²) in [6, 6.07) is 16.8. The second kappa shape index (κ2) is 9.06. The van der Waals surface area contributed by atoms with E-state index >= 15 is 0 Å². The molecule has 0 saturated heterocycles. The molecule has 0 radical (unpaired) electrons. The van der Waals surface area contributed by atoms with Crippen LogP contribution in [0.1, 0.15) is 5.56 Å². The van der Waals surface area contributed by atoms with Crippen LogP contribution in [0.4, 0.5) is 11.4 Å². The predicted octanol–water partition coefficient (Wildman–Crippen LogP) is 4.04. The molecular weight excluding hydrogens is 428 g/mol. The van der Waals surface area contributed by atoms with Crippen molar-refractivity contribution < 1.29 is 23.1 Å². The average Bonchev–Trinajstić information content (AvgIpc) is 2.69. The van der Waals surface area contributed by atoms with Crippen LogP contribution in [0.2, 0.25) is 5.02 Å². The van der Waals surface area contributed by atoms with Gasteiger partial charge in [-0.1, -0.05) is 29.8 Å². The zero-order chi connectivity index (χ0) is 21.7. The van der Waals surface area contributed by atoms with Gasteiger partial charge in [-0.15, -0.1) is 0 Å². The lowest BCUT2D eigenvalue weighted by atomic mass is 10.1. The van der Waals surface area contributed by atoms with E-state index in [2.05, 4.69) is 10.0 Å². The van der Waals surface area contributed by atoms with E-state index in [1.165, 1.54) is 24.3 Å². The fraction of sp³-hybridized carbons (Fsp3) is 0.0952. The first-order valence-corrected chi connectivity index (χ1v) is 10.7. The van der Waals surface area contributed by atoms with Gasteiger partial charge in [0.1, 0.15) is 11.5 Å². The van der Waals surface area contributed by atoms with Crippen molar-refractivity contribution in [3.05, 3.63) is 77.3 Å². The van der Waals surface area contributed by atoms with Crippen molar-refractivity contribution in [1.29, 1.82) is 0 Å². The number of amides is 1. The maximum atomic E-state index is 12.7. The number of carbonyl (C=O) groups is 1. The molecular formula is C21H19ClN2O5S. The lowest BCUT2D eigenvalue weighted by Gasteiger charge is -2.12. The van der Waals surface area contributed by atoms with Crippen LogP contribution in [-0.4, -0.2) is 26.5 Å². The summed E-state index contributed by atoms with van der Waals surface area (Å²) < 4.78 is 32.8. The van der Waals surface area contributed by atoms with E-state index in [1.807, 2.05) is 0 Å². The lowest BCUT2D eigenvalue weighted by Crippen LogP contribution is -2.16. The van der Waals surface area contributed by atoms with Gasteiger partial charge in [-0.05, 0) is 54.1 Å². The molecule has 30 heavy (non-hydrogen) atoms. The number of methoxy groups -OCH3 is 1. The van der Waals surface area contributed by atoms with E-state index in [0.29, 0.717) is 16.5 Å². The molecule has 0 unspecified atom stereocenters. The Morgan fingerprint density at radius 2 is 1.80 bits per heavy atom. The highest BCUT2D eigenvalue weighted by Crippen LogP contribution is 2.28. The van der Waals surface area contributed by atoms with Crippen molar-refractivity contribution in [2.75, 3.05) is 17.1 Å². The summed E-state index contributed by atoms with van der Waals surface area (Å²) >= 11 is 5.88. The SMILES string of the molecule is COc1ccc(CC(=O)Nc2cc(S(=O)(=O)Nc3cccc(Cl)c3)ccc2O)cc1. The van der Waals surface area contributed by atoms with E-state index in [0.717, 1.165) is 5.56 Å². The summed E-state index contributed by atoms with van der Waals surface area (Å²) in [6.45, 7) is 0. The normalized spacial score (nSPS) is 11.0. The molecule has 0 spiro atoms. The highest BCUT2D eigenvalue weighted by atomic mass is 35.5. The molecule has 9 heteroatoms. The van der Waals surface area contributed by atoms with E-state index in [-0.39, 0.29) is 22.8 Å². The number of phenolic OH excluding ortho intramolecular Hbond substituents is 1. The minimum Gasteiger partial charge on any atom is -0.506 e. The molecule has 0 bridgehead atoms. The third kappa shape index (κ3) is 5.43. The van der Waals surface area contributed by atoms with Gasteiger partial charge in [-0.3, -0.25) is 9.52 Å². The molecule has 3 aromatic carbocycles. The molecule has 0 heterocycles. The average molecular weight is 447 g/mol. The third-order valence-corrected chi connectivity index (χ3v) is 5.77. The molecule has 3 rings (SSSR count). The highest BCUT2D eigenvalue weighted by molar-refractivity contribution is 7.92. The van der Waals surface area contributed by atoms with Crippen molar-refractivity contribution in [3.63, 3.8) is 0 Å². The van der Waals surface area contributed by atoms with Gasteiger partial charge in [-0.2, -0.15) is 0 Å². The number of hydrogen-bond acceptors (Lipinski definition) is 5. The summed E-state index contributed by atoms with van der Waals surface area (Å²) in [4.78, 5) is 12.2. The van der Waals surface area contributed by atoms with E-state index in [4.69, 9.17) is 16.3 Å². The quantitative estimate of drug-likeness (QED) is 0.475. The molecule has 0 aromatic heterocycles. The molecule has 0 aliphatic carbocycles. The Morgan fingerprint density at radius 3 is 2.47 bits per heavy atom. The second-order valence-corrected chi connectivity index (χ2v) is 8.49. The first-order chi connectivity index (χ1) is 14.3. The topological polar surface area (TPSA) is 105 Å². The summed E-state index contributed by atoms with van der Waals surface area (Å²) in [6.07, 6.45) is 0.0428. The van der Waals surface area contributed by atoms with E-state index in [9.17, 15) is 18.3 Å². The smallest absolute Gasteiger partial charge is 0.261 e. The van der Waals surface area contributed by atoms with Crippen LogP contribution in [-0.2, 0) is 21.2 Å². The number of ether oxygens (including phenoxy) is 1. The first kappa shape index (κ1) is 21.5. The highest BCUT2D eigenvalue weighted by Gasteiger charge is 2.18. The van der Waals surface area contributed by atoms with Crippen LogP contribution < -0.4 is 14.8 Å². The summed E-state index contributed by atoms with van der Waals surface area (Å²) in [5.41, 5.74) is 1.02. The molecule has 0 fully saturated rings. The van der Waals surface area contributed by atoms with Gasteiger partial charge in [0.25, 0.3) is 10.0 Å². The Hall–Kier alpha value is -3.23. The summed E-state index contributed by atoms with van der Waals surface area (Å²) in [7, 11) is -2.41. The predicted molar refractivity (Wildman–Crippen MR) is 116 cm³/mol. The maximum absolute atomic E-state index is 12.7. The summed E-state index contributed by atoms with van der Waals surface area (Å²) in [5.74, 6) is 0.00881. The van der Waals surface area contributed by atoms with Gasteiger partial charge >= 0.3 is 0 Å². The number of hydrogen-bond donors (Lipinski definition) is 3. The Morgan fingerprint density at radius 1 is 1.07 bits per heavy atom. The number of halogens is 1. The molecule has 1 amide bonds. The minimum absolute atomic E-state index is 0.0116. The van der Waals surface area contributed by atoms with Crippen molar-refractivity contribution in [2.45, 2.75) is 11.3 Å². The number of aromatic hydroxyl groups is 1. The van der Waals surface area contributed by atoms with Gasteiger partial charge in [0.2, 0.25) is 5.91 Å². The third-order valence-electron chi connectivity index (χ3n) is 4.15. The Bertz CT molecular complexity index is 1160. The molecule has 0 aliphatic heterocycles. The van der Waals surface area contributed by atoms with Crippen molar-refractivity contribution in [3.8, 4) is 11.5 Å². The molecule has 3 N–H and O–H groups in total. The summed E-state index contributed by atoms with van der Waals surface area (Å²) in [5, 5.41) is 13.0. The van der Waals surface area contributed by atoms with Gasteiger partial charge in [0.15, 0.2) is 0 Å². The number of benzene rings is 3. The second-order valence-electron chi connectivity index (χ2n) is 6.37. The van der Waals surface area contributed by atoms with Crippen molar-refractivity contribution in [1.82, 2.24) is 0 Å². The van der Waals surface area contributed by atoms with Gasteiger partial charge in [0.05, 0.1) is 29.8 Å². The van der Waals surface area contributed by atoms with Crippen LogP contribution in [0.5, 0.6) is 11.5 Å². The van der Waals surface area contributed by atoms with Crippen LogP contribution in [0, 0.1) is 0 Å². The van der Waals surface area contributed by atoms with Crippen LogP contribution in [0.15, 0.2) is 71.6 Å². The number of carbonyl (C=O) groups excluding carboxylic acids is 1. The van der Waals surface area contributed by atoms with Crippen LogP contribution in [0.25, 0.3) is 0 Å². The molecule has 0 aliphatic rings. The lowest BCUT2D eigenvalue weighted by molar-refractivity contribution is -0.115. The molecule has 156 valence electrons. The standard InChI is InChI=1S/C21H19ClN2O5S/c1-29-17-7-5-14(6-8-17)11-21(26)23-19-13-18(9-10-20(19)25)30(27,28)24-16-4-2-3-15(22)12-16/h2-10,12-13,24-25H,11H2,1H3,(H,23,26). The molecule has 0 atom stereocenters. The molecule has 3 aromatic rings. The minimum atomic E-state index is -3.96. The number of sulfonamides is 1. The number of phenols is 1. The van der Waals surface area contributed by atoms with Gasteiger partial charge in [0, 0.05) is 5.02 Å². The van der Waals surface area contributed by atoms with E-state index < -0.39 is 15.9 Å². The number of rotatable bonds is 7. The monoisotopic (exact) mass is 446 g/mol. The van der Waals surface area contributed by atoms with Crippen molar-refractivity contribution >= 4 is 38.9 Å².